The summed E-state index contributed by atoms with van der Waals surface area (Å²) in [4.78, 5) is 35.6. The van der Waals surface area contributed by atoms with Crippen LogP contribution in [0.25, 0.3) is 0 Å². The minimum absolute atomic E-state index is 0.131. The van der Waals surface area contributed by atoms with Crippen LogP contribution in [-0.2, 0) is 9.59 Å². The van der Waals surface area contributed by atoms with E-state index in [0.29, 0.717) is 11.3 Å². The first-order valence-electron chi connectivity index (χ1n) is 8.39. The molecule has 0 saturated carbocycles. The molecule has 0 heterocycles. The zero-order valence-corrected chi connectivity index (χ0v) is 15.2. The van der Waals surface area contributed by atoms with Crippen LogP contribution in [0.1, 0.15) is 34.8 Å². The number of para-hydroxylation sites is 2. The Balaban J connectivity index is 2.11. The number of nitrogens with one attached hydrogen (secondary N) is 3. The average Bonchev–Trinajstić information content (AvgIpc) is 2.58. The van der Waals surface area contributed by atoms with Gasteiger partial charge in [-0.05, 0) is 37.1 Å². The predicted octanol–water partition coefficient (Wildman–Crippen LogP) is 3.02. The molecule has 2 rings (SSSR count). The molecule has 6 heteroatoms. The van der Waals surface area contributed by atoms with E-state index in [1.807, 2.05) is 32.0 Å². The minimum atomic E-state index is -0.292. The third-order valence-corrected chi connectivity index (χ3v) is 3.89. The lowest BCUT2D eigenvalue weighted by molar-refractivity contribution is -0.119. The first-order chi connectivity index (χ1) is 12.4. The van der Waals surface area contributed by atoms with Crippen molar-refractivity contribution in [3.63, 3.8) is 0 Å². The molecule has 6 nitrogen and oxygen atoms in total. The Morgan fingerprint density at radius 1 is 0.885 bits per heavy atom. The lowest BCUT2D eigenvalue weighted by Crippen LogP contribution is -2.26. The maximum absolute atomic E-state index is 12.7. The van der Waals surface area contributed by atoms with Gasteiger partial charge in [-0.25, -0.2) is 0 Å². The number of hydrogen-bond acceptors (Lipinski definition) is 3. The van der Waals surface area contributed by atoms with Crippen LogP contribution in [0.2, 0.25) is 0 Å². The van der Waals surface area contributed by atoms with E-state index < -0.39 is 0 Å². The maximum atomic E-state index is 12.7. The van der Waals surface area contributed by atoms with Crippen LogP contribution in [0.5, 0.6) is 0 Å². The smallest absolute Gasteiger partial charge is 0.257 e. The van der Waals surface area contributed by atoms with E-state index in [9.17, 15) is 14.4 Å². The van der Waals surface area contributed by atoms with Gasteiger partial charge in [0.25, 0.3) is 5.91 Å². The summed E-state index contributed by atoms with van der Waals surface area (Å²) in [5.74, 6) is -0.752. The molecule has 0 saturated heterocycles. The van der Waals surface area contributed by atoms with Crippen molar-refractivity contribution in [2.45, 2.75) is 27.2 Å². The molecule has 0 unspecified atom stereocenters. The van der Waals surface area contributed by atoms with E-state index >= 15 is 0 Å². The third kappa shape index (κ3) is 5.17. The monoisotopic (exact) mass is 353 g/mol. The fourth-order valence-electron chi connectivity index (χ4n) is 2.55. The van der Waals surface area contributed by atoms with Crippen LogP contribution in [0.4, 0.5) is 11.4 Å². The Morgan fingerprint density at radius 3 is 2.19 bits per heavy atom. The van der Waals surface area contributed by atoms with E-state index in [-0.39, 0.29) is 30.7 Å². The predicted molar refractivity (Wildman–Crippen MR) is 102 cm³/mol. The SMILES string of the molecule is CC(=O)NCCC(=O)Nc1ccccc1C(=O)Nc1c(C)cccc1C. The van der Waals surface area contributed by atoms with E-state index in [1.165, 1.54) is 6.92 Å². The highest BCUT2D eigenvalue weighted by atomic mass is 16.2. The lowest BCUT2D eigenvalue weighted by Gasteiger charge is -2.14. The normalized spacial score (nSPS) is 10.1. The topological polar surface area (TPSA) is 87.3 Å². The molecule has 0 radical (unpaired) electrons. The zero-order chi connectivity index (χ0) is 19.1. The summed E-state index contributed by atoms with van der Waals surface area (Å²) in [6.07, 6.45) is 0.131. The Hall–Kier alpha value is -3.15. The van der Waals surface area contributed by atoms with Crippen molar-refractivity contribution in [1.29, 1.82) is 0 Å². The van der Waals surface area contributed by atoms with E-state index in [0.717, 1.165) is 16.8 Å². The van der Waals surface area contributed by atoms with E-state index in [4.69, 9.17) is 0 Å². The molecule has 2 aromatic rings. The van der Waals surface area contributed by atoms with Crippen molar-refractivity contribution >= 4 is 29.1 Å². The summed E-state index contributed by atoms with van der Waals surface area (Å²) in [5.41, 5.74) is 3.52. The Bertz CT molecular complexity index is 811. The fraction of sp³-hybridized carbons (Fsp3) is 0.250. The van der Waals surface area contributed by atoms with Crippen molar-refractivity contribution in [1.82, 2.24) is 5.32 Å². The van der Waals surface area contributed by atoms with Gasteiger partial charge in [0, 0.05) is 25.6 Å². The van der Waals surface area contributed by atoms with Gasteiger partial charge < -0.3 is 16.0 Å². The first-order valence-corrected chi connectivity index (χ1v) is 8.39. The molecular weight excluding hydrogens is 330 g/mol. The molecule has 0 aliphatic heterocycles. The Labute approximate surface area is 153 Å². The minimum Gasteiger partial charge on any atom is -0.356 e. The molecule has 3 N–H and O–H groups in total. The number of amides is 3. The average molecular weight is 353 g/mol. The van der Waals surface area contributed by atoms with E-state index in [2.05, 4.69) is 16.0 Å². The van der Waals surface area contributed by atoms with Gasteiger partial charge >= 0.3 is 0 Å². The van der Waals surface area contributed by atoms with Crippen LogP contribution in [0.15, 0.2) is 42.5 Å². The van der Waals surface area contributed by atoms with Gasteiger partial charge in [-0.1, -0.05) is 30.3 Å². The van der Waals surface area contributed by atoms with Crippen molar-refractivity contribution in [2.75, 3.05) is 17.2 Å². The van der Waals surface area contributed by atoms with Gasteiger partial charge in [-0.3, -0.25) is 14.4 Å². The molecule has 26 heavy (non-hydrogen) atoms. The third-order valence-electron chi connectivity index (χ3n) is 3.89. The number of carbonyl (C=O) groups is 3. The number of aryl methyl sites for hydroxylation is 2. The highest BCUT2D eigenvalue weighted by molar-refractivity contribution is 6.10. The van der Waals surface area contributed by atoms with Gasteiger partial charge in [-0.15, -0.1) is 0 Å². The standard InChI is InChI=1S/C20H23N3O3/c1-13-7-6-8-14(2)19(13)23-20(26)16-9-4-5-10-17(16)22-18(25)11-12-21-15(3)24/h4-10H,11-12H2,1-3H3,(H,21,24)(H,22,25)(H,23,26). The highest BCUT2D eigenvalue weighted by Gasteiger charge is 2.15. The summed E-state index contributed by atoms with van der Waals surface area (Å²) in [5, 5.41) is 8.21. The highest BCUT2D eigenvalue weighted by Crippen LogP contribution is 2.22. The molecule has 0 aliphatic rings. The summed E-state index contributed by atoms with van der Waals surface area (Å²) < 4.78 is 0. The number of carbonyl (C=O) groups excluding carboxylic acids is 3. The van der Waals surface area contributed by atoms with Crippen LogP contribution in [-0.4, -0.2) is 24.3 Å². The van der Waals surface area contributed by atoms with E-state index in [1.54, 1.807) is 24.3 Å². The van der Waals surface area contributed by atoms with Crippen molar-refractivity contribution in [2.24, 2.45) is 0 Å². The first kappa shape index (κ1) is 19.2. The van der Waals surface area contributed by atoms with Crippen molar-refractivity contribution < 1.29 is 14.4 Å². The largest absolute Gasteiger partial charge is 0.356 e. The molecule has 0 aliphatic carbocycles. The number of benzene rings is 2. The van der Waals surface area contributed by atoms with Gasteiger partial charge in [-0.2, -0.15) is 0 Å². The molecule has 2 aromatic carbocycles. The van der Waals surface area contributed by atoms with Gasteiger partial charge in [0.1, 0.15) is 0 Å². The molecule has 0 fully saturated rings. The van der Waals surface area contributed by atoms with Crippen LogP contribution < -0.4 is 16.0 Å². The van der Waals surface area contributed by atoms with Crippen molar-refractivity contribution in [3.05, 3.63) is 59.2 Å². The number of anilines is 2. The quantitative estimate of drug-likeness (QED) is 0.746. The molecule has 0 spiro atoms. The Kier molecular flexibility index (Phi) is 6.49. The molecule has 136 valence electrons. The molecule has 3 amide bonds. The summed E-state index contributed by atoms with van der Waals surface area (Å²) >= 11 is 0. The molecule has 0 bridgehead atoms. The summed E-state index contributed by atoms with van der Waals surface area (Å²) in [7, 11) is 0. The Morgan fingerprint density at radius 2 is 1.54 bits per heavy atom. The summed E-state index contributed by atoms with van der Waals surface area (Å²) in [6.45, 7) is 5.50. The molecule has 0 atom stereocenters. The summed E-state index contributed by atoms with van der Waals surface area (Å²) in [6, 6.07) is 12.6. The van der Waals surface area contributed by atoms with Gasteiger partial charge in [0.2, 0.25) is 11.8 Å². The maximum Gasteiger partial charge on any atom is 0.257 e. The second-order valence-electron chi connectivity index (χ2n) is 6.05. The van der Waals surface area contributed by atoms with Crippen LogP contribution >= 0.6 is 0 Å². The second-order valence-corrected chi connectivity index (χ2v) is 6.05. The molecular formula is C20H23N3O3. The number of hydrogen-bond donors (Lipinski definition) is 3. The number of rotatable bonds is 6. The second kappa shape index (κ2) is 8.80. The lowest BCUT2D eigenvalue weighted by atomic mass is 10.1. The fourth-order valence-corrected chi connectivity index (χ4v) is 2.55. The van der Waals surface area contributed by atoms with Crippen LogP contribution in [0, 0.1) is 13.8 Å². The van der Waals surface area contributed by atoms with Crippen LogP contribution in [0.3, 0.4) is 0 Å². The zero-order valence-electron chi connectivity index (χ0n) is 15.2. The molecule has 0 aromatic heterocycles. The van der Waals surface area contributed by atoms with Crippen molar-refractivity contribution in [3.8, 4) is 0 Å². The van der Waals surface area contributed by atoms with Gasteiger partial charge in [0.05, 0.1) is 11.3 Å². The van der Waals surface area contributed by atoms with Gasteiger partial charge in [0.15, 0.2) is 0 Å².